The first-order valence-electron chi connectivity index (χ1n) is 7.40. The Morgan fingerprint density at radius 2 is 1.95 bits per heavy atom. The molecule has 1 spiro atoms. The van der Waals surface area contributed by atoms with Gasteiger partial charge in [-0.15, -0.1) is 17.3 Å². The van der Waals surface area contributed by atoms with E-state index >= 15 is 0 Å². The van der Waals surface area contributed by atoms with Crippen LogP contribution >= 0.6 is 59.4 Å². The lowest BCUT2D eigenvalue weighted by Crippen LogP contribution is -2.41. The minimum atomic E-state index is -0.607. The van der Waals surface area contributed by atoms with Gasteiger partial charge in [-0.05, 0) is 19.4 Å². The highest BCUT2D eigenvalue weighted by Gasteiger charge is 2.58. The minimum Gasteiger partial charge on any atom is -0.369 e. The second kappa shape index (κ2) is 7.17. The fraction of sp³-hybridized carbons (Fsp3) is 0.800. The molecule has 0 radical (unpaired) electrons. The molecule has 3 heterocycles. The number of hydrogen-bond acceptors (Lipinski definition) is 3. The van der Waals surface area contributed by atoms with Crippen LogP contribution < -0.4 is 0 Å². The summed E-state index contributed by atoms with van der Waals surface area (Å²) in [6, 6.07) is 0. The largest absolute Gasteiger partial charge is 0.369 e. The Hall–Kier alpha value is 1.13. The van der Waals surface area contributed by atoms with Crippen molar-refractivity contribution in [3.8, 4) is 0 Å². The summed E-state index contributed by atoms with van der Waals surface area (Å²) in [7, 11) is 0. The molecule has 0 aromatic carbocycles. The molecule has 3 aliphatic rings. The van der Waals surface area contributed by atoms with Crippen LogP contribution in [0.25, 0.3) is 0 Å². The van der Waals surface area contributed by atoms with Crippen molar-refractivity contribution in [3.63, 3.8) is 0 Å². The molecule has 8 atom stereocenters. The predicted octanol–water partition coefficient (Wildman–Crippen LogP) is 4.64. The molecule has 8 unspecified atom stereocenters. The van der Waals surface area contributed by atoms with E-state index in [2.05, 4.69) is 60.4 Å². The third kappa shape index (κ3) is 3.41. The topological polar surface area (TPSA) is 27.7 Å². The molecular formula is C15H18Br3ClO3. The van der Waals surface area contributed by atoms with Crippen molar-refractivity contribution in [2.24, 2.45) is 0 Å². The molecule has 0 N–H and O–H groups in total. The summed E-state index contributed by atoms with van der Waals surface area (Å²) < 4.78 is 18.7. The summed E-state index contributed by atoms with van der Waals surface area (Å²) in [5, 5.41) is -0.0755. The van der Waals surface area contributed by atoms with Crippen LogP contribution in [0.2, 0.25) is 0 Å². The highest BCUT2D eigenvalue weighted by atomic mass is 79.9. The molecule has 3 bridgehead atoms. The quantitative estimate of drug-likeness (QED) is 0.372. The Labute approximate surface area is 161 Å². The van der Waals surface area contributed by atoms with Gasteiger partial charge in [-0.1, -0.05) is 47.8 Å². The zero-order chi connectivity index (χ0) is 15.9. The maximum absolute atomic E-state index is 6.54. The first-order valence-corrected chi connectivity index (χ1v) is 10.6. The SMILES string of the molecule is CC1OC(C=C=CBr)CC2OC3(CC2Cl)OC(CC3Br)C1Br. The smallest absolute Gasteiger partial charge is 0.183 e. The fourth-order valence-electron chi connectivity index (χ4n) is 3.40. The van der Waals surface area contributed by atoms with Crippen molar-refractivity contribution in [3.05, 3.63) is 16.8 Å². The minimum absolute atomic E-state index is 0.0181. The molecule has 0 aromatic rings. The number of rotatable bonds is 1. The van der Waals surface area contributed by atoms with E-state index in [-0.39, 0.29) is 39.4 Å². The third-order valence-corrected chi connectivity index (χ3v) is 7.61. The number of halogens is 4. The Bertz CT molecular complexity index is 485. The van der Waals surface area contributed by atoms with Crippen molar-refractivity contribution in [1.29, 1.82) is 0 Å². The summed E-state index contributed by atoms with van der Waals surface area (Å²) in [6.07, 6.45) is 4.07. The Kier molecular flexibility index (Phi) is 5.84. The summed E-state index contributed by atoms with van der Waals surface area (Å²) >= 11 is 17.3. The van der Waals surface area contributed by atoms with Gasteiger partial charge in [0.1, 0.15) is 0 Å². The van der Waals surface area contributed by atoms with Gasteiger partial charge in [0.2, 0.25) is 0 Å². The van der Waals surface area contributed by atoms with Crippen LogP contribution in [0, 0.1) is 0 Å². The lowest BCUT2D eigenvalue weighted by Gasteiger charge is -2.33. The second-order valence-electron chi connectivity index (χ2n) is 6.05. The van der Waals surface area contributed by atoms with Gasteiger partial charge >= 0.3 is 0 Å². The van der Waals surface area contributed by atoms with E-state index in [9.17, 15) is 0 Å². The van der Waals surface area contributed by atoms with Crippen molar-refractivity contribution in [2.75, 3.05) is 0 Å². The van der Waals surface area contributed by atoms with E-state index in [0.29, 0.717) is 12.8 Å². The molecule has 124 valence electrons. The van der Waals surface area contributed by atoms with Gasteiger partial charge in [-0.25, -0.2) is 0 Å². The zero-order valence-corrected chi connectivity index (χ0v) is 17.6. The van der Waals surface area contributed by atoms with Crippen molar-refractivity contribution >= 4 is 59.4 Å². The summed E-state index contributed by atoms with van der Waals surface area (Å²) in [6.45, 7) is 2.07. The lowest BCUT2D eigenvalue weighted by atomic mass is 10.0. The van der Waals surface area contributed by atoms with Gasteiger partial charge in [-0.2, -0.15) is 0 Å². The summed E-state index contributed by atoms with van der Waals surface area (Å²) in [4.78, 5) is 1.95. The number of hydrogen-bond donors (Lipinski definition) is 0. The van der Waals surface area contributed by atoms with E-state index in [1.54, 1.807) is 4.99 Å². The molecule has 22 heavy (non-hydrogen) atoms. The molecule has 0 aliphatic carbocycles. The van der Waals surface area contributed by atoms with Crippen molar-refractivity contribution in [1.82, 2.24) is 0 Å². The van der Waals surface area contributed by atoms with Crippen LogP contribution in [-0.2, 0) is 14.2 Å². The molecular weight excluding hydrogens is 503 g/mol. The predicted molar refractivity (Wildman–Crippen MR) is 97.3 cm³/mol. The molecule has 3 saturated heterocycles. The van der Waals surface area contributed by atoms with Crippen LogP contribution in [0.4, 0.5) is 0 Å². The van der Waals surface area contributed by atoms with E-state index < -0.39 is 5.79 Å². The maximum Gasteiger partial charge on any atom is 0.183 e. The molecule has 3 rings (SSSR count). The Balaban J connectivity index is 1.90. The number of ether oxygens (including phenoxy) is 3. The first kappa shape index (κ1) is 17.9. The molecule has 0 aromatic heterocycles. The van der Waals surface area contributed by atoms with Gasteiger partial charge < -0.3 is 14.2 Å². The normalized spacial score (nSPS) is 51.2. The van der Waals surface area contributed by atoms with E-state index in [1.165, 1.54) is 0 Å². The summed E-state index contributed by atoms with van der Waals surface area (Å²) in [5.41, 5.74) is 3.04. The van der Waals surface area contributed by atoms with Gasteiger partial charge in [0.25, 0.3) is 0 Å². The van der Waals surface area contributed by atoms with Gasteiger partial charge in [0.05, 0.1) is 39.4 Å². The van der Waals surface area contributed by atoms with Crippen LogP contribution in [0.5, 0.6) is 0 Å². The van der Waals surface area contributed by atoms with E-state index in [4.69, 9.17) is 25.8 Å². The average Bonchev–Trinajstić information content (AvgIpc) is 2.95. The van der Waals surface area contributed by atoms with Crippen LogP contribution in [0.3, 0.4) is 0 Å². The number of fused-ring (bicyclic) bond motifs is 2. The molecule has 3 aliphatic heterocycles. The van der Waals surface area contributed by atoms with Crippen molar-refractivity contribution in [2.45, 2.75) is 71.4 Å². The third-order valence-electron chi connectivity index (χ3n) is 4.50. The molecule has 7 heteroatoms. The monoisotopic (exact) mass is 518 g/mol. The second-order valence-corrected chi connectivity index (χ2v) is 9.23. The highest BCUT2D eigenvalue weighted by Crippen LogP contribution is 2.50. The van der Waals surface area contributed by atoms with Gasteiger partial charge in [-0.3, -0.25) is 0 Å². The molecule has 0 saturated carbocycles. The maximum atomic E-state index is 6.54. The first-order chi connectivity index (χ1) is 10.4. The molecule has 3 nitrogen and oxygen atoms in total. The molecule has 3 fully saturated rings. The lowest BCUT2D eigenvalue weighted by molar-refractivity contribution is -0.224. The average molecular weight is 521 g/mol. The van der Waals surface area contributed by atoms with Crippen molar-refractivity contribution < 1.29 is 14.2 Å². The fourth-order valence-corrected chi connectivity index (χ4v) is 5.14. The highest BCUT2D eigenvalue weighted by molar-refractivity contribution is 9.11. The standard InChI is InChI=1S/C15H18Br3ClO3/c1-8-14(18)12-6-13(17)15(22-12)7-10(19)11(21-15)5-9(20-8)3-2-4-16/h3-4,8-14H,5-7H2,1H3. The zero-order valence-electron chi connectivity index (χ0n) is 12.1. The van der Waals surface area contributed by atoms with Crippen LogP contribution in [0.1, 0.15) is 26.2 Å². The van der Waals surface area contributed by atoms with Gasteiger partial charge in [0, 0.05) is 17.8 Å². The van der Waals surface area contributed by atoms with E-state index in [0.717, 1.165) is 6.42 Å². The molecule has 0 amide bonds. The van der Waals surface area contributed by atoms with Crippen LogP contribution in [0.15, 0.2) is 16.8 Å². The Morgan fingerprint density at radius 1 is 1.23 bits per heavy atom. The van der Waals surface area contributed by atoms with Crippen LogP contribution in [-0.4, -0.2) is 45.2 Å². The van der Waals surface area contributed by atoms with Gasteiger partial charge in [0.15, 0.2) is 5.79 Å². The van der Waals surface area contributed by atoms with E-state index in [1.807, 2.05) is 6.08 Å². The Morgan fingerprint density at radius 3 is 2.68 bits per heavy atom. The number of alkyl halides is 3. The summed E-state index contributed by atoms with van der Waals surface area (Å²) in [5.74, 6) is -0.607.